The number of anilines is 2. The minimum absolute atomic E-state index is 0.0364. The van der Waals surface area contributed by atoms with Crippen molar-refractivity contribution in [3.8, 4) is 6.07 Å². The number of benzene rings is 2. The van der Waals surface area contributed by atoms with E-state index in [0.29, 0.717) is 35.5 Å². The number of halogens is 3. The second kappa shape index (κ2) is 13.1. The Balaban J connectivity index is 2.19. The maximum Gasteiger partial charge on any atom is 0.422 e. The number of esters is 1. The summed E-state index contributed by atoms with van der Waals surface area (Å²) in [4.78, 5) is 26.2. The molecule has 0 atom stereocenters. The molecule has 38 heavy (non-hydrogen) atoms. The molecular formula is C26H28F3N3O5S. The van der Waals surface area contributed by atoms with Crippen molar-refractivity contribution < 1.29 is 35.9 Å². The molecule has 0 radical (unpaired) electrons. The number of ketones is 1. The predicted octanol–water partition coefficient (Wildman–Crippen LogP) is 4.87. The van der Waals surface area contributed by atoms with Crippen LogP contribution in [0.15, 0.2) is 48.0 Å². The molecule has 204 valence electrons. The minimum atomic E-state index is -4.61. The van der Waals surface area contributed by atoms with E-state index < -0.39 is 34.6 Å². The molecule has 1 N–H and O–H groups in total. The van der Waals surface area contributed by atoms with Gasteiger partial charge in [0.05, 0.1) is 5.75 Å². The van der Waals surface area contributed by atoms with Gasteiger partial charge in [-0.1, -0.05) is 13.0 Å². The largest absolute Gasteiger partial charge is 0.455 e. The SMILES string of the molecule is CCCS(=O)(=O)Nc1ccc(C(=O)/C(C#N)=C/c2ccc(N(CC)CC(=O)OCC(F)(F)F)cc2C)cc1. The summed E-state index contributed by atoms with van der Waals surface area (Å²) in [6.45, 7) is 3.48. The number of hydrogen-bond donors (Lipinski definition) is 1. The van der Waals surface area contributed by atoms with Gasteiger partial charge in [0.2, 0.25) is 15.8 Å². The number of carbonyl (C=O) groups is 2. The lowest BCUT2D eigenvalue weighted by atomic mass is 9.99. The monoisotopic (exact) mass is 551 g/mol. The zero-order valence-electron chi connectivity index (χ0n) is 21.1. The lowest BCUT2D eigenvalue weighted by Gasteiger charge is -2.23. The number of rotatable bonds is 12. The molecule has 0 aromatic heterocycles. The van der Waals surface area contributed by atoms with Gasteiger partial charge in [0.25, 0.3) is 0 Å². The topological polar surface area (TPSA) is 117 Å². The molecule has 0 saturated heterocycles. The highest BCUT2D eigenvalue weighted by Gasteiger charge is 2.29. The van der Waals surface area contributed by atoms with Crippen molar-refractivity contribution in [2.24, 2.45) is 0 Å². The summed E-state index contributed by atoms with van der Waals surface area (Å²) < 4.78 is 67.4. The Morgan fingerprint density at radius 2 is 1.79 bits per heavy atom. The van der Waals surface area contributed by atoms with Crippen LogP contribution < -0.4 is 9.62 Å². The number of nitriles is 1. The number of allylic oxidation sites excluding steroid dienone is 1. The normalized spacial score (nSPS) is 12.0. The smallest absolute Gasteiger partial charge is 0.422 e. The van der Waals surface area contributed by atoms with Gasteiger partial charge in [-0.05, 0) is 73.9 Å². The fourth-order valence-corrected chi connectivity index (χ4v) is 4.55. The van der Waals surface area contributed by atoms with Crippen LogP contribution in [0.1, 0.15) is 41.8 Å². The summed E-state index contributed by atoms with van der Waals surface area (Å²) in [5.74, 6) is -1.61. The Hall–Kier alpha value is -3.85. The van der Waals surface area contributed by atoms with E-state index in [1.807, 2.05) is 6.07 Å². The average Bonchev–Trinajstić information content (AvgIpc) is 2.84. The Morgan fingerprint density at radius 3 is 2.32 bits per heavy atom. The van der Waals surface area contributed by atoms with Gasteiger partial charge in [-0.3, -0.25) is 14.3 Å². The van der Waals surface area contributed by atoms with Gasteiger partial charge in [-0.15, -0.1) is 0 Å². The number of nitrogens with one attached hydrogen (secondary N) is 1. The summed E-state index contributed by atoms with van der Waals surface area (Å²) in [6.07, 6.45) is -2.75. The van der Waals surface area contributed by atoms with Crippen molar-refractivity contribution in [1.29, 1.82) is 5.26 Å². The van der Waals surface area contributed by atoms with Crippen LogP contribution in [0.5, 0.6) is 0 Å². The summed E-state index contributed by atoms with van der Waals surface area (Å²) in [6, 6.07) is 12.5. The molecule has 0 spiro atoms. The minimum Gasteiger partial charge on any atom is -0.455 e. The molecule has 8 nitrogen and oxygen atoms in total. The van der Waals surface area contributed by atoms with Crippen LogP contribution in [0.2, 0.25) is 0 Å². The van der Waals surface area contributed by atoms with Crippen LogP contribution in [0.25, 0.3) is 6.08 Å². The highest BCUT2D eigenvalue weighted by Crippen LogP contribution is 2.23. The Bertz CT molecular complexity index is 1330. The van der Waals surface area contributed by atoms with Crippen LogP contribution in [0.4, 0.5) is 24.5 Å². The summed E-state index contributed by atoms with van der Waals surface area (Å²) in [5.41, 5.74) is 2.11. The van der Waals surface area contributed by atoms with E-state index >= 15 is 0 Å². The first-order valence-corrected chi connectivity index (χ1v) is 13.3. The Morgan fingerprint density at radius 1 is 1.13 bits per heavy atom. The number of carbonyl (C=O) groups excluding carboxylic acids is 2. The van der Waals surface area contributed by atoms with Crippen molar-refractivity contribution in [3.05, 3.63) is 64.7 Å². The molecule has 2 rings (SSSR count). The number of alkyl halides is 3. The van der Waals surface area contributed by atoms with E-state index in [1.165, 1.54) is 35.2 Å². The van der Waals surface area contributed by atoms with Crippen LogP contribution in [-0.2, 0) is 19.6 Å². The van der Waals surface area contributed by atoms with Crippen LogP contribution in [-0.4, -0.2) is 51.8 Å². The number of Topliss-reactive ketones (excluding diaryl/α,β-unsaturated/α-hetero) is 1. The third kappa shape index (κ3) is 9.23. The molecular weight excluding hydrogens is 523 g/mol. The maximum absolute atomic E-state index is 12.9. The van der Waals surface area contributed by atoms with E-state index in [0.717, 1.165) is 0 Å². The molecule has 0 aliphatic carbocycles. The molecule has 12 heteroatoms. The van der Waals surface area contributed by atoms with Crippen LogP contribution in [0.3, 0.4) is 0 Å². The summed E-state index contributed by atoms with van der Waals surface area (Å²) in [7, 11) is -3.48. The third-order valence-corrected chi connectivity index (χ3v) is 6.77. The first-order chi connectivity index (χ1) is 17.8. The van der Waals surface area contributed by atoms with Gasteiger partial charge in [-0.2, -0.15) is 18.4 Å². The van der Waals surface area contributed by atoms with E-state index in [2.05, 4.69) is 9.46 Å². The molecule has 0 aliphatic heterocycles. The number of likely N-dealkylation sites (N-methyl/N-ethyl adjacent to an activating group) is 1. The zero-order valence-corrected chi connectivity index (χ0v) is 21.9. The molecule has 0 aliphatic rings. The Kier molecular flexibility index (Phi) is 10.5. The molecule has 0 unspecified atom stereocenters. The molecule has 0 heterocycles. The second-order valence-electron chi connectivity index (χ2n) is 8.33. The third-order valence-electron chi connectivity index (χ3n) is 5.28. The lowest BCUT2D eigenvalue weighted by Crippen LogP contribution is -2.32. The number of hydrogen-bond acceptors (Lipinski definition) is 7. The number of nitrogens with zero attached hydrogens (tertiary/aromatic N) is 2. The number of sulfonamides is 1. The van der Waals surface area contributed by atoms with Gasteiger partial charge in [0.1, 0.15) is 18.2 Å². The second-order valence-corrected chi connectivity index (χ2v) is 10.2. The van der Waals surface area contributed by atoms with Crippen molar-refractivity contribution >= 4 is 39.2 Å². The van der Waals surface area contributed by atoms with Crippen molar-refractivity contribution in [2.45, 2.75) is 33.4 Å². The van der Waals surface area contributed by atoms with E-state index in [-0.39, 0.29) is 23.4 Å². The van der Waals surface area contributed by atoms with Gasteiger partial charge < -0.3 is 9.64 Å². The van der Waals surface area contributed by atoms with E-state index in [1.54, 1.807) is 39.0 Å². The highest BCUT2D eigenvalue weighted by atomic mass is 32.2. The van der Waals surface area contributed by atoms with Crippen LogP contribution >= 0.6 is 0 Å². The predicted molar refractivity (Wildman–Crippen MR) is 138 cm³/mol. The first-order valence-electron chi connectivity index (χ1n) is 11.6. The van der Waals surface area contributed by atoms with Gasteiger partial charge in [-0.25, -0.2) is 8.42 Å². The number of ether oxygens (including phenoxy) is 1. The molecule has 0 bridgehead atoms. The fourth-order valence-electron chi connectivity index (χ4n) is 3.42. The van der Waals surface area contributed by atoms with Crippen LogP contribution in [0, 0.1) is 18.3 Å². The first kappa shape index (κ1) is 30.4. The van der Waals surface area contributed by atoms with Crippen molar-refractivity contribution in [2.75, 3.05) is 35.1 Å². The average molecular weight is 552 g/mol. The highest BCUT2D eigenvalue weighted by molar-refractivity contribution is 7.92. The standard InChI is InChI=1S/C26H28F3N3O5S/c1-4-12-38(35,36)31-22-9-6-19(7-10-22)25(34)21(15-30)14-20-8-11-23(13-18(20)3)32(5-2)16-24(33)37-17-26(27,28)29/h6-11,13-14,31H,4-5,12,16-17H2,1-3H3/b21-14+. The molecule has 2 aromatic carbocycles. The molecule has 0 amide bonds. The maximum atomic E-state index is 12.9. The molecule has 0 fully saturated rings. The lowest BCUT2D eigenvalue weighted by molar-refractivity contribution is -0.185. The van der Waals surface area contributed by atoms with Gasteiger partial charge >= 0.3 is 12.1 Å². The zero-order chi connectivity index (χ0) is 28.5. The summed E-state index contributed by atoms with van der Waals surface area (Å²) >= 11 is 0. The Labute approximate surface area is 219 Å². The van der Waals surface area contributed by atoms with Gasteiger partial charge in [0, 0.05) is 23.5 Å². The quantitative estimate of drug-likeness (QED) is 0.173. The van der Waals surface area contributed by atoms with E-state index in [9.17, 15) is 36.4 Å². The van der Waals surface area contributed by atoms with Crippen molar-refractivity contribution in [3.63, 3.8) is 0 Å². The molecule has 0 saturated carbocycles. The summed E-state index contributed by atoms with van der Waals surface area (Å²) in [5, 5.41) is 9.59. The number of aryl methyl sites for hydroxylation is 1. The fraction of sp³-hybridized carbons (Fsp3) is 0.346. The van der Waals surface area contributed by atoms with Crippen molar-refractivity contribution in [1.82, 2.24) is 0 Å². The van der Waals surface area contributed by atoms with E-state index in [4.69, 9.17) is 0 Å². The molecule has 2 aromatic rings. The van der Waals surface area contributed by atoms with Gasteiger partial charge in [0.15, 0.2) is 6.61 Å².